The van der Waals surface area contributed by atoms with E-state index in [1.807, 2.05) is 13.8 Å². The summed E-state index contributed by atoms with van der Waals surface area (Å²) >= 11 is 7.11. The molecule has 152 valence electrons. The van der Waals surface area contributed by atoms with Crippen molar-refractivity contribution in [1.29, 1.82) is 0 Å². The average Bonchev–Trinajstić information content (AvgIpc) is 3.14. The Morgan fingerprint density at radius 1 is 1.07 bits per heavy atom. The molecule has 0 unspecified atom stereocenters. The molecule has 0 spiro atoms. The molecule has 3 rings (SSSR count). The quantitative estimate of drug-likeness (QED) is 0.345. The average molecular weight is 432 g/mol. The van der Waals surface area contributed by atoms with E-state index in [2.05, 4.69) is 5.32 Å². The Kier molecular flexibility index (Phi) is 7.78. The minimum atomic E-state index is -0.672. The molecule has 2 aromatic carbocycles. The number of nitrogen functional groups attached to an aromatic ring is 2. The van der Waals surface area contributed by atoms with Gasteiger partial charge in [0.15, 0.2) is 5.78 Å². The third kappa shape index (κ3) is 5.14. The van der Waals surface area contributed by atoms with E-state index in [4.69, 9.17) is 23.1 Å². The lowest BCUT2D eigenvalue weighted by Crippen LogP contribution is -2.15. The van der Waals surface area contributed by atoms with Crippen molar-refractivity contribution in [3.8, 4) is 11.1 Å². The summed E-state index contributed by atoms with van der Waals surface area (Å²) in [5.41, 5.74) is 14.0. The van der Waals surface area contributed by atoms with E-state index >= 15 is 0 Å². The molecule has 6 N–H and O–H groups in total. The lowest BCUT2D eigenvalue weighted by atomic mass is 10.0. The number of aliphatic hydroxyl groups is 1. The minimum absolute atomic E-state index is 0.251. The first kappa shape index (κ1) is 22.4. The highest BCUT2D eigenvalue weighted by Crippen LogP contribution is 2.36. The molecule has 0 saturated carbocycles. The Bertz CT molecular complexity index is 1020. The number of carbonyl (C=O) groups excluding carboxylic acids is 2. The predicted molar refractivity (Wildman–Crippen MR) is 121 cm³/mol. The van der Waals surface area contributed by atoms with Gasteiger partial charge in [-0.2, -0.15) is 0 Å². The summed E-state index contributed by atoms with van der Waals surface area (Å²) < 4.78 is 0. The first-order chi connectivity index (χ1) is 13.9. The van der Waals surface area contributed by atoms with Crippen LogP contribution < -0.4 is 16.8 Å². The zero-order valence-electron chi connectivity index (χ0n) is 16.0. The zero-order valence-corrected chi connectivity index (χ0v) is 17.6. The van der Waals surface area contributed by atoms with Gasteiger partial charge in [0.25, 0.3) is 5.91 Å². The highest BCUT2D eigenvalue weighted by molar-refractivity contribution is 7.15. The fourth-order valence-corrected chi connectivity index (χ4v) is 3.65. The maximum Gasteiger partial charge on any atom is 0.256 e. The topological polar surface area (TPSA) is 118 Å². The molecule has 1 aromatic heterocycles. The molecule has 29 heavy (non-hydrogen) atoms. The maximum absolute atomic E-state index is 12.5. The highest BCUT2D eigenvalue weighted by atomic mass is 35.5. The van der Waals surface area contributed by atoms with Gasteiger partial charge in [0.2, 0.25) is 0 Å². The molecular formula is C21H22ClN3O3S. The molecular weight excluding hydrogens is 410 g/mol. The van der Waals surface area contributed by atoms with Crippen molar-refractivity contribution in [3.63, 3.8) is 0 Å². The molecule has 3 aromatic rings. The number of hydrogen-bond acceptors (Lipinski definition) is 6. The summed E-state index contributed by atoms with van der Waals surface area (Å²) in [4.78, 5) is 24.9. The van der Waals surface area contributed by atoms with Gasteiger partial charge in [0.05, 0.1) is 16.9 Å². The van der Waals surface area contributed by atoms with Crippen molar-refractivity contribution in [2.45, 2.75) is 13.8 Å². The van der Waals surface area contributed by atoms with Crippen LogP contribution in [0, 0.1) is 0 Å². The van der Waals surface area contributed by atoms with Crippen LogP contribution >= 0.6 is 22.9 Å². The molecule has 1 amide bonds. The third-order valence-corrected chi connectivity index (χ3v) is 5.09. The van der Waals surface area contributed by atoms with Crippen molar-refractivity contribution in [2.75, 3.05) is 23.4 Å². The smallest absolute Gasteiger partial charge is 0.256 e. The van der Waals surface area contributed by atoms with Gasteiger partial charge in [-0.05, 0) is 35.9 Å². The fraction of sp³-hybridized carbons (Fsp3) is 0.143. The van der Waals surface area contributed by atoms with Gasteiger partial charge in [-0.25, -0.2) is 0 Å². The van der Waals surface area contributed by atoms with E-state index in [0.717, 1.165) is 5.56 Å². The molecule has 0 saturated heterocycles. The molecule has 0 radical (unpaired) electrons. The number of ketones is 1. The maximum atomic E-state index is 12.5. The molecule has 0 aliphatic heterocycles. The predicted octanol–water partition coefficient (Wildman–Crippen LogP) is 4.69. The number of aliphatic hydroxyl groups excluding tert-OH is 1. The first-order valence-electron chi connectivity index (χ1n) is 8.88. The van der Waals surface area contributed by atoms with Gasteiger partial charge < -0.3 is 21.9 Å². The molecule has 8 heteroatoms. The van der Waals surface area contributed by atoms with Crippen LogP contribution in [0.3, 0.4) is 0 Å². The van der Waals surface area contributed by atoms with Gasteiger partial charge in [-0.15, -0.1) is 11.3 Å². The molecule has 1 heterocycles. The lowest BCUT2D eigenvalue weighted by Gasteiger charge is -2.09. The van der Waals surface area contributed by atoms with Crippen LogP contribution in [0.2, 0.25) is 5.02 Å². The van der Waals surface area contributed by atoms with Crippen LogP contribution in [-0.4, -0.2) is 23.4 Å². The fourth-order valence-electron chi connectivity index (χ4n) is 2.54. The summed E-state index contributed by atoms with van der Waals surface area (Å²) in [5, 5.41) is 14.7. The molecule has 6 nitrogen and oxygen atoms in total. The van der Waals surface area contributed by atoms with E-state index in [-0.39, 0.29) is 5.56 Å². The Hall–Kier alpha value is -2.87. The summed E-state index contributed by atoms with van der Waals surface area (Å²) in [6.45, 7) is 3.33. The largest absolute Gasteiger partial charge is 0.397 e. The molecule has 0 aliphatic carbocycles. The van der Waals surface area contributed by atoms with E-state index in [1.54, 1.807) is 35.7 Å². The second kappa shape index (κ2) is 10.1. The number of carbonyl (C=O) groups is 2. The van der Waals surface area contributed by atoms with Crippen molar-refractivity contribution < 1.29 is 14.7 Å². The number of hydrogen-bond donors (Lipinski definition) is 4. The van der Waals surface area contributed by atoms with Crippen molar-refractivity contribution in [3.05, 3.63) is 64.0 Å². The number of thiophene rings is 1. The number of amides is 1. The van der Waals surface area contributed by atoms with E-state index in [9.17, 15) is 14.7 Å². The van der Waals surface area contributed by atoms with Gasteiger partial charge in [0, 0.05) is 21.5 Å². The van der Waals surface area contributed by atoms with Crippen molar-refractivity contribution in [2.24, 2.45) is 0 Å². The molecule has 0 aliphatic rings. The number of halogens is 1. The van der Waals surface area contributed by atoms with Crippen LogP contribution in [0.1, 0.15) is 34.6 Å². The minimum Gasteiger partial charge on any atom is -0.397 e. The Labute approximate surface area is 178 Å². The van der Waals surface area contributed by atoms with E-state index in [1.165, 1.54) is 23.5 Å². The van der Waals surface area contributed by atoms with Crippen LogP contribution in [0.4, 0.5) is 16.4 Å². The lowest BCUT2D eigenvalue weighted by molar-refractivity contribution is 0.0905. The molecule has 0 fully saturated rings. The summed E-state index contributed by atoms with van der Waals surface area (Å²) in [6, 6.07) is 11.5. The monoisotopic (exact) mass is 431 g/mol. The van der Waals surface area contributed by atoms with Gasteiger partial charge in [-0.3, -0.25) is 9.59 Å². The zero-order chi connectivity index (χ0) is 21.6. The van der Waals surface area contributed by atoms with Gasteiger partial charge in [-0.1, -0.05) is 37.6 Å². The van der Waals surface area contributed by atoms with E-state index < -0.39 is 18.3 Å². The Balaban J connectivity index is 0.00000145. The first-order valence-corrected chi connectivity index (χ1v) is 10.1. The Morgan fingerprint density at radius 2 is 1.72 bits per heavy atom. The van der Waals surface area contributed by atoms with Crippen molar-refractivity contribution >= 4 is 51.0 Å². The SMILES string of the molecule is CC.Nc1ccc(C(=O)Nc2scc(-c3ccc(Cl)cc3)c2C(=O)CO)cc1N. The molecule has 0 bridgehead atoms. The number of rotatable bonds is 5. The van der Waals surface area contributed by atoms with Crippen LogP contribution in [0.25, 0.3) is 11.1 Å². The standard InChI is InChI=1S/C19H16ClN3O3S.C2H6/c20-12-4-1-10(2-5-12)13-9-27-19(17(13)16(25)8-24)23-18(26)11-3-6-14(21)15(22)7-11;1-2/h1-7,9,24H,8,21-22H2,(H,23,26);1-2H3. The summed E-state index contributed by atoms with van der Waals surface area (Å²) in [7, 11) is 0. The number of Topliss-reactive ketones (excluding diaryl/α,β-unsaturated/α-hetero) is 1. The van der Waals surface area contributed by atoms with Crippen LogP contribution in [0.15, 0.2) is 47.8 Å². The van der Waals surface area contributed by atoms with Gasteiger partial charge in [0.1, 0.15) is 11.6 Å². The molecule has 0 atom stereocenters. The normalized spacial score (nSPS) is 10.1. The van der Waals surface area contributed by atoms with Crippen LogP contribution in [-0.2, 0) is 0 Å². The highest BCUT2D eigenvalue weighted by Gasteiger charge is 2.21. The number of anilines is 3. The van der Waals surface area contributed by atoms with E-state index in [0.29, 0.717) is 32.5 Å². The number of nitrogens with two attached hydrogens (primary N) is 2. The van der Waals surface area contributed by atoms with Crippen LogP contribution in [0.5, 0.6) is 0 Å². The second-order valence-corrected chi connectivity index (χ2v) is 7.06. The Morgan fingerprint density at radius 3 is 2.31 bits per heavy atom. The number of benzene rings is 2. The summed E-state index contributed by atoms with van der Waals surface area (Å²) in [6.07, 6.45) is 0. The van der Waals surface area contributed by atoms with Gasteiger partial charge >= 0.3 is 0 Å². The van der Waals surface area contributed by atoms with Crippen molar-refractivity contribution in [1.82, 2.24) is 0 Å². The number of nitrogens with one attached hydrogen (secondary N) is 1. The second-order valence-electron chi connectivity index (χ2n) is 5.74. The summed E-state index contributed by atoms with van der Waals surface area (Å²) in [5.74, 6) is -0.925. The third-order valence-electron chi connectivity index (χ3n) is 3.94.